The number of hydrogen-bond acceptors (Lipinski definition) is 4. The Labute approximate surface area is 214 Å². The van der Waals surface area contributed by atoms with Crippen LogP contribution in [0.4, 0.5) is 5.69 Å². The number of benzene rings is 3. The van der Waals surface area contributed by atoms with Crippen LogP contribution in [0.3, 0.4) is 0 Å². The molecule has 0 aliphatic heterocycles. The fourth-order valence-electron chi connectivity index (χ4n) is 4.24. The van der Waals surface area contributed by atoms with E-state index in [0.29, 0.717) is 12.8 Å². The van der Waals surface area contributed by atoms with E-state index < -0.39 is 17.4 Å². The number of esters is 1. The maximum absolute atomic E-state index is 13.5. The van der Waals surface area contributed by atoms with E-state index in [1.165, 1.54) is 0 Å². The van der Waals surface area contributed by atoms with Crippen molar-refractivity contribution in [3.63, 3.8) is 0 Å². The van der Waals surface area contributed by atoms with Crippen LogP contribution in [-0.2, 0) is 14.3 Å². The molecule has 3 aromatic carbocycles. The molecule has 0 unspecified atom stereocenters. The fraction of sp³-hybridized carbons (Fsp3) is 0.355. The van der Waals surface area contributed by atoms with Gasteiger partial charge in [-0.3, -0.25) is 20.4 Å². The van der Waals surface area contributed by atoms with Crippen molar-refractivity contribution in [3.05, 3.63) is 84.4 Å². The SMILES string of the molecule is CC(C)C[C@@H](C(=O)NNc1cccc2ccccc12)[C@H](C/C=C/c1ccccc1)C(=O)OC(C)(C)C. The summed E-state index contributed by atoms with van der Waals surface area (Å²) in [5, 5.41) is 2.09. The van der Waals surface area contributed by atoms with Gasteiger partial charge in [-0.25, -0.2) is 0 Å². The van der Waals surface area contributed by atoms with Crippen LogP contribution < -0.4 is 10.9 Å². The second kappa shape index (κ2) is 12.4. The maximum atomic E-state index is 13.5. The maximum Gasteiger partial charge on any atom is 0.310 e. The summed E-state index contributed by atoms with van der Waals surface area (Å²) in [5.41, 5.74) is 7.19. The Hall–Kier alpha value is -3.60. The van der Waals surface area contributed by atoms with E-state index in [2.05, 4.69) is 24.7 Å². The molecule has 0 aliphatic carbocycles. The summed E-state index contributed by atoms with van der Waals surface area (Å²) in [5.74, 6) is -1.52. The van der Waals surface area contributed by atoms with Crippen LogP contribution in [0.5, 0.6) is 0 Å². The van der Waals surface area contributed by atoms with Gasteiger partial charge in [0.05, 0.1) is 17.5 Å². The highest BCUT2D eigenvalue weighted by atomic mass is 16.6. The van der Waals surface area contributed by atoms with Gasteiger partial charge in [0.25, 0.3) is 0 Å². The highest BCUT2D eigenvalue weighted by Crippen LogP contribution is 2.29. The van der Waals surface area contributed by atoms with Crippen molar-refractivity contribution in [1.82, 2.24) is 5.43 Å². The lowest BCUT2D eigenvalue weighted by atomic mass is 9.82. The summed E-state index contributed by atoms with van der Waals surface area (Å²) in [6.45, 7) is 9.67. The summed E-state index contributed by atoms with van der Waals surface area (Å²) in [6, 6.07) is 23.8. The van der Waals surface area contributed by atoms with E-state index in [1.807, 2.05) is 106 Å². The zero-order valence-corrected chi connectivity index (χ0v) is 22.0. The molecule has 3 rings (SSSR count). The number of hydrazine groups is 1. The molecule has 0 radical (unpaired) electrons. The minimum absolute atomic E-state index is 0.222. The normalized spacial score (nSPS) is 13.5. The first-order valence-corrected chi connectivity index (χ1v) is 12.6. The minimum atomic E-state index is -0.640. The van der Waals surface area contributed by atoms with Gasteiger partial charge in [-0.05, 0) is 56.5 Å². The number of allylic oxidation sites excluding steroid dienone is 1. The highest BCUT2D eigenvalue weighted by Gasteiger charge is 2.36. The molecule has 0 saturated heterocycles. The second-order valence-electron chi connectivity index (χ2n) is 10.6. The van der Waals surface area contributed by atoms with Crippen LogP contribution in [0.25, 0.3) is 16.8 Å². The Morgan fingerprint density at radius 3 is 2.25 bits per heavy atom. The van der Waals surface area contributed by atoms with Crippen LogP contribution in [0, 0.1) is 17.8 Å². The number of carbonyl (C=O) groups is 2. The van der Waals surface area contributed by atoms with Gasteiger partial charge < -0.3 is 4.74 Å². The molecule has 2 atom stereocenters. The lowest BCUT2D eigenvalue weighted by Crippen LogP contribution is -2.43. The number of ether oxygens (including phenoxy) is 1. The van der Waals surface area contributed by atoms with Crippen molar-refractivity contribution in [2.45, 2.75) is 53.1 Å². The van der Waals surface area contributed by atoms with Gasteiger partial charge in [-0.1, -0.05) is 92.7 Å². The van der Waals surface area contributed by atoms with Crippen molar-refractivity contribution in [1.29, 1.82) is 0 Å². The second-order valence-corrected chi connectivity index (χ2v) is 10.6. The van der Waals surface area contributed by atoms with Gasteiger partial charge in [0.2, 0.25) is 5.91 Å². The molecule has 36 heavy (non-hydrogen) atoms. The Kier molecular flexibility index (Phi) is 9.29. The van der Waals surface area contributed by atoms with E-state index in [9.17, 15) is 9.59 Å². The lowest BCUT2D eigenvalue weighted by molar-refractivity contribution is -0.164. The third kappa shape index (κ3) is 7.98. The quantitative estimate of drug-likeness (QED) is 0.239. The van der Waals surface area contributed by atoms with Crippen LogP contribution in [0.1, 0.15) is 53.0 Å². The Morgan fingerprint density at radius 2 is 1.56 bits per heavy atom. The third-order valence-corrected chi connectivity index (χ3v) is 5.87. The zero-order chi connectivity index (χ0) is 26.1. The number of fused-ring (bicyclic) bond motifs is 1. The molecule has 2 N–H and O–H groups in total. The standard InChI is InChI=1S/C31H38N2O3/c1-22(2)21-27(29(34)33-32-28-20-12-17-24-16-9-10-18-25(24)28)26(30(35)36-31(3,4)5)19-11-15-23-13-7-6-8-14-23/h6-18,20,22,26-27,32H,19,21H2,1-5H3,(H,33,34)/b15-11+/t26-,27+/m0/s1. The van der Waals surface area contributed by atoms with Gasteiger partial charge in [-0.15, -0.1) is 0 Å². The highest BCUT2D eigenvalue weighted by molar-refractivity contribution is 5.95. The summed E-state index contributed by atoms with van der Waals surface area (Å²) in [4.78, 5) is 26.8. The Bertz CT molecular complexity index is 1170. The van der Waals surface area contributed by atoms with Crippen LogP contribution in [-0.4, -0.2) is 17.5 Å². The van der Waals surface area contributed by atoms with E-state index in [1.54, 1.807) is 0 Å². The number of anilines is 1. The predicted molar refractivity (Wildman–Crippen MR) is 148 cm³/mol. The van der Waals surface area contributed by atoms with E-state index >= 15 is 0 Å². The molecule has 0 aliphatic rings. The van der Waals surface area contributed by atoms with Crippen LogP contribution >= 0.6 is 0 Å². The van der Waals surface area contributed by atoms with Crippen molar-refractivity contribution in [3.8, 4) is 0 Å². The predicted octanol–water partition coefficient (Wildman–Crippen LogP) is 7.01. The van der Waals surface area contributed by atoms with Crippen molar-refractivity contribution in [2.75, 3.05) is 5.43 Å². The topological polar surface area (TPSA) is 67.4 Å². The summed E-state index contributed by atoms with van der Waals surface area (Å²) in [7, 11) is 0. The first-order valence-electron chi connectivity index (χ1n) is 12.6. The Balaban J connectivity index is 1.83. The molecule has 0 saturated carbocycles. The zero-order valence-electron chi connectivity index (χ0n) is 22.0. The molecule has 0 fully saturated rings. The van der Waals surface area contributed by atoms with Gasteiger partial charge >= 0.3 is 5.97 Å². The molecular formula is C31H38N2O3. The molecule has 190 valence electrons. The molecule has 0 aromatic heterocycles. The molecule has 0 bridgehead atoms. The average molecular weight is 487 g/mol. The van der Waals surface area contributed by atoms with Crippen molar-refractivity contribution >= 4 is 34.4 Å². The minimum Gasteiger partial charge on any atom is -0.460 e. The van der Waals surface area contributed by atoms with Crippen molar-refractivity contribution in [2.24, 2.45) is 17.8 Å². The number of carbonyl (C=O) groups excluding carboxylic acids is 2. The largest absolute Gasteiger partial charge is 0.460 e. The fourth-order valence-corrected chi connectivity index (χ4v) is 4.24. The summed E-state index contributed by atoms with van der Waals surface area (Å²) in [6.07, 6.45) is 4.91. The first kappa shape index (κ1) is 27.0. The molecule has 5 nitrogen and oxygen atoms in total. The van der Waals surface area contributed by atoms with Gasteiger partial charge in [0.15, 0.2) is 0 Å². The number of amides is 1. The monoisotopic (exact) mass is 486 g/mol. The summed E-state index contributed by atoms with van der Waals surface area (Å²) < 4.78 is 5.76. The molecular weight excluding hydrogens is 448 g/mol. The number of hydrogen-bond donors (Lipinski definition) is 2. The van der Waals surface area contributed by atoms with Gasteiger partial charge in [0, 0.05) is 5.39 Å². The molecule has 3 aromatic rings. The van der Waals surface area contributed by atoms with E-state index in [4.69, 9.17) is 4.74 Å². The summed E-state index contributed by atoms with van der Waals surface area (Å²) >= 11 is 0. The molecule has 0 spiro atoms. The molecule has 0 heterocycles. The van der Waals surface area contributed by atoms with Crippen molar-refractivity contribution < 1.29 is 14.3 Å². The van der Waals surface area contributed by atoms with Crippen LogP contribution in [0.15, 0.2) is 78.9 Å². The van der Waals surface area contributed by atoms with Crippen LogP contribution in [0.2, 0.25) is 0 Å². The third-order valence-electron chi connectivity index (χ3n) is 5.87. The average Bonchev–Trinajstić information content (AvgIpc) is 2.83. The van der Waals surface area contributed by atoms with Gasteiger partial charge in [-0.2, -0.15) is 0 Å². The smallest absolute Gasteiger partial charge is 0.310 e. The van der Waals surface area contributed by atoms with E-state index in [0.717, 1.165) is 22.0 Å². The Morgan fingerprint density at radius 1 is 0.889 bits per heavy atom. The number of nitrogens with one attached hydrogen (secondary N) is 2. The number of rotatable bonds is 10. The lowest BCUT2D eigenvalue weighted by Gasteiger charge is -2.29. The van der Waals surface area contributed by atoms with Gasteiger partial charge in [0.1, 0.15) is 5.60 Å². The van der Waals surface area contributed by atoms with E-state index in [-0.39, 0.29) is 17.8 Å². The molecule has 1 amide bonds. The molecule has 5 heteroatoms. The first-order chi connectivity index (χ1) is 17.1.